The average Bonchev–Trinajstić information content (AvgIpc) is 3.18. The van der Waals surface area contributed by atoms with E-state index < -0.39 is 0 Å². The molecule has 32 heavy (non-hydrogen) atoms. The molecule has 172 valence electrons. The van der Waals surface area contributed by atoms with Crippen LogP contribution in [-0.2, 0) is 11.3 Å². The number of amides is 1. The number of benzene rings is 1. The van der Waals surface area contributed by atoms with Crippen LogP contribution >= 0.6 is 0 Å². The standard InChI is InChI=1S/C25H34FN5O/c1-17(2)24-27-13-18(14-28-24)15-31-10-8-19(9-11-31)23-12-20(16-30(23)3)25(32)29-22-6-4-21(26)5-7-22/h4-7,13-14,17,19-20,23H,8-12,15-16H2,1-3H3,(H,29,32)/t20-,23+/m0/s1. The SMILES string of the molecule is CC(C)c1ncc(CN2CCC([C@H]3C[C@H](C(=O)Nc4ccc(F)cc4)CN3C)CC2)cn1. The summed E-state index contributed by atoms with van der Waals surface area (Å²) >= 11 is 0. The third kappa shape index (κ3) is 5.51. The van der Waals surface area contributed by atoms with E-state index in [2.05, 4.69) is 46.0 Å². The number of nitrogens with one attached hydrogen (secondary N) is 1. The predicted molar refractivity (Wildman–Crippen MR) is 124 cm³/mol. The maximum atomic E-state index is 13.1. The van der Waals surface area contributed by atoms with Crippen molar-refractivity contribution in [2.24, 2.45) is 11.8 Å². The summed E-state index contributed by atoms with van der Waals surface area (Å²) in [6, 6.07) is 6.41. The van der Waals surface area contributed by atoms with Crippen molar-refractivity contribution in [3.05, 3.63) is 53.9 Å². The lowest BCUT2D eigenvalue weighted by Crippen LogP contribution is -2.41. The van der Waals surface area contributed by atoms with Crippen molar-refractivity contribution < 1.29 is 9.18 Å². The van der Waals surface area contributed by atoms with Gasteiger partial charge in [-0.15, -0.1) is 0 Å². The van der Waals surface area contributed by atoms with Gasteiger partial charge in [0.05, 0.1) is 5.92 Å². The summed E-state index contributed by atoms with van der Waals surface area (Å²) in [6.07, 6.45) is 7.10. The highest BCUT2D eigenvalue weighted by Gasteiger charge is 2.39. The van der Waals surface area contributed by atoms with Crippen LogP contribution < -0.4 is 5.32 Å². The van der Waals surface area contributed by atoms with Gasteiger partial charge in [0, 0.05) is 48.7 Å². The summed E-state index contributed by atoms with van der Waals surface area (Å²) < 4.78 is 13.1. The van der Waals surface area contributed by atoms with Crippen molar-refractivity contribution in [1.82, 2.24) is 19.8 Å². The fourth-order valence-electron chi connectivity index (χ4n) is 5.05. The maximum absolute atomic E-state index is 13.1. The molecule has 1 amide bonds. The zero-order valence-electron chi connectivity index (χ0n) is 19.3. The smallest absolute Gasteiger partial charge is 0.228 e. The Morgan fingerprint density at radius 3 is 2.44 bits per heavy atom. The molecule has 1 N–H and O–H groups in total. The van der Waals surface area contributed by atoms with Crippen LogP contribution in [0.2, 0.25) is 0 Å². The van der Waals surface area contributed by atoms with Crippen LogP contribution in [0.25, 0.3) is 0 Å². The number of halogens is 1. The average molecular weight is 440 g/mol. The molecule has 2 aliphatic heterocycles. The predicted octanol–water partition coefficient (Wildman–Crippen LogP) is 3.91. The van der Waals surface area contributed by atoms with Crippen molar-refractivity contribution in [3.8, 4) is 0 Å². The second-order valence-corrected chi connectivity index (χ2v) is 9.65. The number of carbonyl (C=O) groups excluding carboxylic acids is 1. The lowest BCUT2D eigenvalue weighted by molar-refractivity contribution is -0.119. The topological polar surface area (TPSA) is 61.4 Å². The number of hydrogen-bond acceptors (Lipinski definition) is 5. The fourth-order valence-corrected chi connectivity index (χ4v) is 5.05. The molecule has 0 bridgehead atoms. The molecule has 3 heterocycles. The molecule has 0 radical (unpaired) electrons. The third-order valence-electron chi connectivity index (χ3n) is 6.91. The van der Waals surface area contributed by atoms with Gasteiger partial charge >= 0.3 is 0 Å². The summed E-state index contributed by atoms with van der Waals surface area (Å²) in [5.41, 5.74) is 1.82. The number of likely N-dealkylation sites (tertiary alicyclic amines) is 2. The molecule has 0 saturated carbocycles. The molecule has 0 spiro atoms. The van der Waals surface area contributed by atoms with Crippen LogP contribution in [0.3, 0.4) is 0 Å². The first kappa shape index (κ1) is 22.8. The van der Waals surface area contributed by atoms with Crippen molar-refractivity contribution >= 4 is 11.6 Å². The van der Waals surface area contributed by atoms with E-state index >= 15 is 0 Å². The van der Waals surface area contributed by atoms with Gasteiger partial charge in [0.15, 0.2) is 0 Å². The molecule has 2 aromatic rings. The molecular formula is C25H34FN5O. The Bertz CT molecular complexity index is 894. The van der Waals surface area contributed by atoms with Gasteiger partial charge < -0.3 is 10.2 Å². The van der Waals surface area contributed by atoms with E-state index in [9.17, 15) is 9.18 Å². The Morgan fingerprint density at radius 1 is 1.16 bits per heavy atom. The van der Waals surface area contributed by atoms with Gasteiger partial charge in [-0.05, 0) is 69.6 Å². The molecule has 0 aliphatic carbocycles. The molecule has 1 aromatic heterocycles. The quantitative estimate of drug-likeness (QED) is 0.740. The number of anilines is 1. The van der Waals surface area contributed by atoms with Gasteiger partial charge in [-0.2, -0.15) is 0 Å². The highest BCUT2D eigenvalue weighted by atomic mass is 19.1. The van der Waals surface area contributed by atoms with Gasteiger partial charge in [-0.1, -0.05) is 13.8 Å². The number of rotatable bonds is 6. The van der Waals surface area contributed by atoms with E-state index in [0.717, 1.165) is 51.3 Å². The second kappa shape index (κ2) is 10.0. The van der Waals surface area contributed by atoms with Gasteiger partial charge in [0.2, 0.25) is 5.91 Å². The molecular weight excluding hydrogens is 405 g/mol. The monoisotopic (exact) mass is 439 g/mol. The van der Waals surface area contributed by atoms with Crippen molar-refractivity contribution in [2.75, 3.05) is 32.0 Å². The summed E-state index contributed by atoms with van der Waals surface area (Å²) in [6.45, 7) is 8.01. The van der Waals surface area contributed by atoms with E-state index in [1.54, 1.807) is 12.1 Å². The first-order chi connectivity index (χ1) is 15.4. The van der Waals surface area contributed by atoms with Crippen molar-refractivity contribution in [1.29, 1.82) is 0 Å². The van der Waals surface area contributed by atoms with Crippen LogP contribution in [0.4, 0.5) is 10.1 Å². The van der Waals surface area contributed by atoms with Gasteiger partial charge in [0.25, 0.3) is 0 Å². The molecule has 7 heteroatoms. The molecule has 4 rings (SSSR count). The van der Waals surface area contributed by atoms with E-state index in [-0.39, 0.29) is 17.6 Å². The largest absolute Gasteiger partial charge is 0.326 e. The minimum atomic E-state index is -0.296. The lowest BCUT2D eigenvalue weighted by Gasteiger charge is -2.37. The fraction of sp³-hybridized carbons (Fsp3) is 0.560. The zero-order chi connectivity index (χ0) is 22.7. The van der Waals surface area contributed by atoms with Crippen molar-refractivity contribution in [3.63, 3.8) is 0 Å². The maximum Gasteiger partial charge on any atom is 0.228 e. The number of hydrogen-bond donors (Lipinski definition) is 1. The number of piperidine rings is 1. The Hall–Kier alpha value is -2.38. The Morgan fingerprint density at radius 2 is 1.81 bits per heavy atom. The van der Waals surface area contributed by atoms with Crippen LogP contribution in [-0.4, -0.2) is 58.4 Å². The normalized spacial score (nSPS) is 23.0. The highest BCUT2D eigenvalue weighted by molar-refractivity contribution is 5.92. The van der Waals surface area contributed by atoms with Gasteiger partial charge in [-0.3, -0.25) is 9.69 Å². The van der Waals surface area contributed by atoms with Crippen LogP contribution in [0, 0.1) is 17.7 Å². The molecule has 0 unspecified atom stereocenters. The van der Waals surface area contributed by atoms with E-state index in [1.165, 1.54) is 17.7 Å². The first-order valence-electron chi connectivity index (χ1n) is 11.7. The Kier molecular flexibility index (Phi) is 7.16. The molecule has 6 nitrogen and oxygen atoms in total. The lowest BCUT2D eigenvalue weighted by atomic mass is 9.86. The summed E-state index contributed by atoms with van der Waals surface area (Å²) in [5, 5.41) is 2.95. The van der Waals surface area contributed by atoms with Gasteiger partial charge in [0.1, 0.15) is 11.6 Å². The Labute approximate surface area is 190 Å². The zero-order valence-corrected chi connectivity index (χ0v) is 19.3. The summed E-state index contributed by atoms with van der Waals surface area (Å²) in [4.78, 5) is 26.6. The molecule has 2 saturated heterocycles. The number of nitrogens with zero attached hydrogens (tertiary/aromatic N) is 4. The van der Waals surface area contributed by atoms with Crippen LogP contribution in [0.15, 0.2) is 36.7 Å². The van der Waals surface area contributed by atoms with Gasteiger partial charge in [-0.25, -0.2) is 14.4 Å². The number of carbonyl (C=O) groups is 1. The third-order valence-corrected chi connectivity index (χ3v) is 6.91. The van der Waals surface area contributed by atoms with E-state index in [4.69, 9.17) is 0 Å². The summed E-state index contributed by atoms with van der Waals surface area (Å²) in [5.74, 6) is 1.58. The van der Waals surface area contributed by atoms with E-state index in [0.29, 0.717) is 23.6 Å². The molecule has 2 aliphatic rings. The molecule has 2 fully saturated rings. The minimum Gasteiger partial charge on any atom is -0.326 e. The number of aromatic nitrogens is 2. The minimum absolute atomic E-state index is 0.0234. The van der Waals surface area contributed by atoms with E-state index in [1.807, 2.05) is 12.4 Å². The molecule has 2 atom stereocenters. The second-order valence-electron chi connectivity index (χ2n) is 9.65. The summed E-state index contributed by atoms with van der Waals surface area (Å²) in [7, 11) is 2.13. The Balaban J connectivity index is 1.26. The van der Waals surface area contributed by atoms with Crippen LogP contribution in [0.1, 0.15) is 50.4 Å². The molecule has 1 aromatic carbocycles. The van der Waals surface area contributed by atoms with Crippen LogP contribution in [0.5, 0.6) is 0 Å². The first-order valence-corrected chi connectivity index (χ1v) is 11.7. The van der Waals surface area contributed by atoms with Crippen molar-refractivity contribution in [2.45, 2.75) is 51.6 Å². The highest BCUT2D eigenvalue weighted by Crippen LogP contribution is 2.33.